The van der Waals surface area contributed by atoms with Crippen molar-refractivity contribution in [2.45, 2.75) is 12.8 Å². The summed E-state index contributed by atoms with van der Waals surface area (Å²) in [5.74, 6) is 0.0823. The molecule has 3 nitrogen and oxygen atoms in total. The van der Waals surface area contributed by atoms with Crippen LogP contribution in [-0.4, -0.2) is 24.5 Å². The van der Waals surface area contributed by atoms with Gasteiger partial charge in [0.05, 0.1) is 0 Å². The van der Waals surface area contributed by atoms with Gasteiger partial charge in [-0.1, -0.05) is 24.3 Å². The van der Waals surface area contributed by atoms with E-state index in [4.69, 9.17) is 4.74 Å². The van der Waals surface area contributed by atoms with Gasteiger partial charge in [-0.3, -0.25) is 9.78 Å². The zero-order valence-corrected chi connectivity index (χ0v) is 9.85. The minimum Gasteiger partial charge on any atom is -0.385 e. The van der Waals surface area contributed by atoms with E-state index in [1.54, 1.807) is 13.3 Å². The maximum absolute atomic E-state index is 12.0. The highest BCUT2D eigenvalue weighted by Crippen LogP contribution is 2.17. The number of aromatic nitrogens is 1. The molecule has 0 atom stereocenters. The highest BCUT2D eigenvalue weighted by Gasteiger charge is 2.10. The topological polar surface area (TPSA) is 39.2 Å². The summed E-state index contributed by atoms with van der Waals surface area (Å²) in [4.78, 5) is 16.2. The molecule has 0 spiro atoms. The van der Waals surface area contributed by atoms with Crippen LogP contribution in [0, 0.1) is 0 Å². The fraction of sp³-hybridized carbons (Fsp3) is 0.286. The molecule has 1 aromatic carbocycles. The van der Waals surface area contributed by atoms with E-state index in [0.717, 1.165) is 17.2 Å². The van der Waals surface area contributed by atoms with E-state index in [2.05, 4.69) is 4.98 Å². The second-order valence-electron chi connectivity index (χ2n) is 3.90. The molecule has 0 aliphatic heterocycles. The third kappa shape index (κ3) is 2.68. The van der Waals surface area contributed by atoms with Gasteiger partial charge in [0, 0.05) is 31.7 Å². The highest BCUT2D eigenvalue weighted by atomic mass is 16.5. The van der Waals surface area contributed by atoms with E-state index < -0.39 is 0 Å². The summed E-state index contributed by atoms with van der Waals surface area (Å²) >= 11 is 0. The van der Waals surface area contributed by atoms with Crippen LogP contribution in [0.4, 0.5) is 0 Å². The molecular weight excluding hydrogens is 214 g/mol. The van der Waals surface area contributed by atoms with Gasteiger partial charge in [0.25, 0.3) is 0 Å². The Kier molecular flexibility index (Phi) is 3.83. The van der Waals surface area contributed by atoms with Crippen LogP contribution < -0.4 is 0 Å². The first-order valence-corrected chi connectivity index (χ1v) is 5.69. The summed E-state index contributed by atoms with van der Waals surface area (Å²) in [5.41, 5.74) is 0.569. The van der Waals surface area contributed by atoms with Crippen LogP contribution in [0.15, 0.2) is 36.5 Å². The molecule has 2 aromatic rings. The maximum atomic E-state index is 12.0. The van der Waals surface area contributed by atoms with E-state index >= 15 is 0 Å². The highest BCUT2D eigenvalue weighted by molar-refractivity contribution is 6.06. The number of fused-ring (bicyclic) bond motifs is 1. The van der Waals surface area contributed by atoms with E-state index in [-0.39, 0.29) is 5.78 Å². The van der Waals surface area contributed by atoms with Crippen molar-refractivity contribution in [3.63, 3.8) is 0 Å². The average Bonchev–Trinajstić information content (AvgIpc) is 2.38. The monoisotopic (exact) mass is 229 g/mol. The molecule has 3 heteroatoms. The molecule has 1 aromatic heterocycles. The molecule has 1 heterocycles. The lowest BCUT2D eigenvalue weighted by atomic mass is 10.1. The van der Waals surface area contributed by atoms with E-state index in [1.165, 1.54) is 0 Å². The number of carbonyl (C=O) groups is 1. The normalized spacial score (nSPS) is 10.6. The van der Waals surface area contributed by atoms with Gasteiger partial charge in [0.15, 0.2) is 5.78 Å². The third-order valence-electron chi connectivity index (χ3n) is 2.69. The van der Waals surface area contributed by atoms with Gasteiger partial charge in [-0.25, -0.2) is 0 Å². The van der Waals surface area contributed by atoms with Gasteiger partial charge in [0.1, 0.15) is 5.69 Å². The molecule has 0 amide bonds. The summed E-state index contributed by atoms with van der Waals surface area (Å²) in [5, 5.41) is 1.98. The number of rotatable bonds is 5. The van der Waals surface area contributed by atoms with Crippen LogP contribution >= 0.6 is 0 Å². The fourth-order valence-corrected chi connectivity index (χ4v) is 1.84. The van der Waals surface area contributed by atoms with Crippen molar-refractivity contribution in [2.24, 2.45) is 0 Å². The van der Waals surface area contributed by atoms with Crippen LogP contribution in [0.2, 0.25) is 0 Å². The van der Waals surface area contributed by atoms with Crippen molar-refractivity contribution in [1.29, 1.82) is 0 Å². The minimum absolute atomic E-state index is 0.0823. The fourth-order valence-electron chi connectivity index (χ4n) is 1.84. The Hall–Kier alpha value is -1.74. The Bertz CT molecular complexity index is 517. The molecular formula is C14H15NO2. The summed E-state index contributed by atoms with van der Waals surface area (Å²) in [6.07, 6.45) is 2.90. The smallest absolute Gasteiger partial charge is 0.181 e. The number of carbonyl (C=O) groups excluding carboxylic acids is 1. The second kappa shape index (κ2) is 5.55. The number of ether oxygens (including phenoxy) is 1. The molecule has 0 aliphatic rings. The molecule has 0 radical (unpaired) electrons. The minimum atomic E-state index is 0.0823. The number of methoxy groups -OCH3 is 1. The van der Waals surface area contributed by atoms with Gasteiger partial charge in [-0.2, -0.15) is 0 Å². The number of Topliss-reactive ketones (excluding diaryl/α,β-unsaturated/α-hetero) is 1. The standard InChI is InChI=1S/C14H15NO2/c1-17-10-4-7-13(16)14-12-6-3-2-5-11(12)8-9-15-14/h2-3,5-6,8-9H,4,7,10H2,1H3. The molecule has 0 saturated carbocycles. The summed E-state index contributed by atoms with van der Waals surface area (Å²) in [6.45, 7) is 0.608. The second-order valence-corrected chi connectivity index (χ2v) is 3.90. The van der Waals surface area contributed by atoms with Crippen molar-refractivity contribution in [2.75, 3.05) is 13.7 Å². The first-order valence-electron chi connectivity index (χ1n) is 5.69. The molecule has 0 fully saturated rings. The Morgan fingerprint density at radius 1 is 1.29 bits per heavy atom. The summed E-state index contributed by atoms with van der Waals surface area (Å²) in [7, 11) is 1.64. The molecule has 2 rings (SSSR count). The van der Waals surface area contributed by atoms with Crippen molar-refractivity contribution in [3.8, 4) is 0 Å². The van der Waals surface area contributed by atoms with Crippen LogP contribution in [0.25, 0.3) is 10.8 Å². The Labute approximate surface area is 100 Å². The van der Waals surface area contributed by atoms with Crippen LogP contribution in [0.5, 0.6) is 0 Å². The van der Waals surface area contributed by atoms with E-state index in [1.807, 2.05) is 30.3 Å². The van der Waals surface area contributed by atoms with Crippen LogP contribution in [-0.2, 0) is 4.74 Å². The number of hydrogen-bond acceptors (Lipinski definition) is 3. The molecule has 0 unspecified atom stereocenters. The van der Waals surface area contributed by atoms with Gasteiger partial charge < -0.3 is 4.74 Å². The molecule has 0 N–H and O–H groups in total. The first-order chi connectivity index (χ1) is 8.33. The predicted octanol–water partition coefficient (Wildman–Crippen LogP) is 2.84. The van der Waals surface area contributed by atoms with E-state index in [0.29, 0.717) is 18.7 Å². The van der Waals surface area contributed by atoms with Crippen LogP contribution in [0.3, 0.4) is 0 Å². The molecule has 17 heavy (non-hydrogen) atoms. The summed E-state index contributed by atoms with van der Waals surface area (Å²) in [6, 6.07) is 9.73. The van der Waals surface area contributed by atoms with Gasteiger partial charge in [0.2, 0.25) is 0 Å². The average molecular weight is 229 g/mol. The number of benzene rings is 1. The summed E-state index contributed by atoms with van der Waals surface area (Å²) < 4.78 is 4.94. The van der Waals surface area contributed by atoms with E-state index in [9.17, 15) is 4.79 Å². The predicted molar refractivity (Wildman–Crippen MR) is 67.2 cm³/mol. The maximum Gasteiger partial charge on any atom is 0.181 e. The SMILES string of the molecule is COCCCC(=O)c1nccc2ccccc12. The van der Waals surface area contributed by atoms with Gasteiger partial charge in [-0.15, -0.1) is 0 Å². The zero-order valence-electron chi connectivity index (χ0n) is 9.85. The molecule has 0 bridgehead atoms. The van der Waals surface area contributed by atoms with Crippen molar-refractivity contribution < 1.29 is 9.53 Å². The lowest BCUT2D eigenvalue weighted by Crippen LogP contribution is -2.04. The number of ketones is 1. The van der Waals surface area contributed by atoms with Crippen molar-refractivity contribution >= 4 is 16.6 Å². The number of hydrogen-bond donors (Lipinski definition) is 0. The van der Waals surface area contributed by atoms with Crippen molar-refractivity contribution in [3.05, 3.63) is 42.2 Å². The molecule has 0 aliphatic carbocycles. The molecule has 88 valence electrons. The Morgan fingerprint density at radius 2 is 2.12 bits per heavy atom. The third-order valence-corrected chi connectivity index (χ3v) is 2.69. The van der Waals surface area contributed by atoms with Crippen molar-refractivity contribution in [1.82, 2.24) is 4.98 Å². The number of nitrogens with zero attached hydrogens (tertiary/aromatic N) is 1. The quantitative estimate of drug-likeness (QED) is 0.584. The number of pyridine rings is 1. The first kappa shape index (κ1) is 11.7. The van der Waals surface area contributed by atoms with Crippen LogP contribution in [0.1, 0.15) is 23.3 Å². The van der Waals surface area contributed by atoms with Gasteiger partial charge >= 0.3 is 0 Å². The lowest BCUT2D eigenvalue weighted by Gasteiger charge is -2.04. The Balaban J connectivity index is 2.26. The Morgan fingerprint density at radius 3 is 2.94 bits per heavy atom. The zero-order chi connectivity index (χ0) is 12.1. The largest absolute Gasteiger partial charge is 0.385 e. The van der Waals surface area contributed by atoms with Gasteiger partial charge in [-0.05, 0) is 17.9 Å². The lowest BCUT2D eigenvalue weighted by molar-refractivity contribution is 0.0960. The molecule has 0 saturated heterocycles.